The highest BCUT2D eigenvalue weighted by atomic mass is 16.5. The first-order valence-corrected chi connectivity index (χ1v) is 9.52. The second kappa shape index (κ2) is 9.76. The van der Waals surface area contributed by atoms with Crippen LogP contribution in [0, 0.1) is 0 Å². The fourth-order valence-corrected chi connectivity index (χ4v) is 3.25. The summed E-state index contributed by atoms with van der Waals surface area (Å²) in [5.74, 6) is 0.576. The number of likely N-dealkylation sites (tertiary alicyclic amines) is 1. The number of nitrogens with one attached hydrogen (secondary N) is 1. The van der Waals surface area contributed by atoms with Gasteiger partial charge in [0.1, 0.15) is 11.8 Å². The molecule has 1 N–H and O–H groups in total. The van der Waals surface area contributed by atoms with E-state index in [0.29, 0.717) is 6.42 Å². The summed E-state index contributed by atoms with van der Waals surface area (Å²) in [7, 11) is 0. The van der Waals surface area contributed by atoms with Crippen molar-refractivity contribution in [2.75, 3.05) is 19.7 Å². The molecule has 0 bridgehead atoms. The minimum absolute atomic E-state index is 0.00804. The number of hydrogen-bond donors (Lipinski definition) is 1. The summed E-state index contributed by atoms with van der Waals surface area (Å²) in [6, 6.07) is 18.7. The first kappa shape index (κ1) is 19.0. The molecule has 0 spiro atoms. The lowest BCUT2D eigenvalue weighted by molar-refractivity contribution is -0.135. The Labute approximate surface area is 160 Å². The molecule has 1 aliphatic heterocycles. The Morgan fingerprint density at radius 1 is 0.963 bits per heavy atom. The number of hydrogen-bond acceptors (Lipinski definition) is 3. The third kappa shape index (κ3) is 5.84. The van der Waals surface area contributed by atoms with Crippen molar-refractivity contribution in [1.82, 2.24) is 10.2 Å². The van der Waals surface area contributed by atoms with Gasteiger partial charge in [-0.05, 0) is 30.5 Å². The van der Waals surface area contributed by atoms with E-state index in [1.54, 1.807) is 0 Å². The van der Waals surface area contributed by atoms with Crippen LogP contribution in [-0.2, 0) is 16.0 Å². The number of para-hydroxylation sites is 1. The minimum atomic E-state index is -0.533. The number of carbonyl (C=O) groups is 2. The van der Waals surface area contributed by atoms with E-state index in [-0.39, 0.29) is 24.8 Å². The molecule has 2 aromatic carbocycles. The van der Waals surface area contributed by atoms with Gasteiger partial charge in [0.2, 0.25) is 11.8 Å². The summed E-state index contributed by atoms with van der Waals surface area (Å²) >= 11 is 0. The minimum Gasteiger partial charge on any atom is -0.493 e. The van der Waals surface area contributed by atoms with Crippen LogP contribution in [0.2, 0.25) is 0 Å². The molecule has 2 amide bonds. The summed E-state index contributed by atoms with van der Waals surface area (Å²) in [5.41, 5.74) is 1.04. The SMILES string of the molecule is O=C(CCOc1ccccc1)N[C@@H](Cc1ccccc1)C(=O)N1CCCC1. The highest BCUT2D eigenvalue weighted by Gasteiger charge is 2.27. The highest BCUT2D eigenvalue weighted by molar-refractivity contribution is 5.88. The van der Waals surface area contributed by atoms with Crippen molar-refractivity contribution in [3.05, 3.63) is 66.2 Å². The molecule has 142 valence electrons. The van der Waals surface area contributed by atoms with Crippen LogP contribution in [-0.4, -0.2) is 42.5 Å². The van der Waals surface area contributed by atoms with Gasteiger partial charge in [-0.25, -0.2) is 0 Å². The summed E-state index contributed by atoms with van der Waals surface area (Å²) in [4.78, 5) is 27.1. The van der Waals surface area contributed by atoms with Gasteiger partial charge in [-0.15, -0.1) is 0 Å². The predicted octanol–water partition coefficient (Wildman–Crippen LogP) is 2.81. The molecule has 1 aliphatic rings. The molecule has 3 rings (SSSR count). The lowest BCUT2D eigenvalue weighted by Gasteiger charge is -2.24. The van der Waals surface area contributed by atoms with Crippen molar-refractivity contribution < 1.29 is 14.3 Å². The van der Waals surface area contributed by atoms with E-state index in [0.717, 1.165) is 37.2 Å². The molecule has 0 unspecified atom stereocenters. The Balaban J connectivity index is 1.56. The topological polar surface area (TPSA) is 58.6 Å². The average Bonchev–Trinajstić information content (AvgIpc) is 3.23. The first-order chi connectivity index (χ1) is 13.2. The first-order valence-electron chi connectivity index (χ1n) is 9.52. The smallest absolute Gasteiger partial charge is 0.245 e. The number of nitrogens with zero attached hydrogens (tertiary/aromatic N) is 1. The maximum Gasteiger partial charge on any atom is 0.245 e. The second-order valence-electron chi connectivity index (χ2n) is 6.75. The molecule has 1 heterocycles. The van der Waals surface area contributed by atoms with Gasteiger partial charge in [0.25, 0.3) is 0 Å². The van der Waals surface area contributed by atoms with E-state index in [1.807, 2.05) is 65.6 Å². The van der Waals surface area contributed by atoms with Crippen molar-refractivity contribution in [3.63, 3.8) is 0 Å². The zero-order valence-electron chi connectivity index (χ0n) is 15.5. The van der Waals surface area contributed by atoms with Crippen molar-refractivity contribution >= 4 is 11.8 Å². The van der Waals surface area contributed by atoms with Gasteiger partial charge in [0.15, 0.2) is 0 Å². The third-order valence-electron chi connectivity index (χ3n) is 4.67. The van der Waals surface area contributed by atoms with Crippen molar-refractivity contribution in [2.24, 2.45) is 0 Å². The van der Waals surface area contributed by atoms with Gasteiger partial charge in [0.05, 0.1) is 13.0 Å². The van der Waals surface area contributed by atoms with E-state index in [2.05, 4.69) is 5.32 Å². The van der Waals surface area contributed by atoms with Crippen LogP contribution < -0.4 is 10.1 Å². The Kier molecular flexibility index (Phi) is 6.85. The molecule has 5 nitrogen and oxygen atoms in total. The van der Waals surface area contributed by atoms with E-state index in [1.165, 1.54) is 0 Å². The van der Waals surface area contributed by atoms with Crippen LogP contribution >= 0.6 is 0 Å². The van der Waals surface area contributed by atoms with Crippen LogP contribution in [0.1, 0.15) is 24.8 Å². The molecule has 1 saturated heterocycles. The third-order valence-corrected chi connectivity index (χ3v) is 4.67. The number of ether oxygens (including phenoxy) is 1. The maximum absolute atomic E-state index is 12.9. The molecule has 1 fully saturated rings. The van der Waals surface area contributed by atoms with Crippen LogP contribution in [0.15, 0.2) is 60.7 Å². The quantitative estimate of drug-likeness (QED) is 0.782. The zero-order chi connectivity index (χ0) is 18.9. The number of amides is 2. The van der Waals surface area contributed by atoms with Crippen molar-refractivity contribution in [3.8, 4) is 5.75 Å². The van der Waals surface area contributed by atoms with Crippen LogP contribution in [0.4, 0.5) is 0 Å². The van der Waals surface area contributed by atoms with Gasteiger partial charge >= 0.3 is 0 Å². The average molecular weight is 366 g/mol. The van der Waals surface area contributed by atoms with Gasteiger partial charge in [-0.2, -0.15) is 0 Å². The van der Waals surface area contributed by atoms with Gasteiger partial charge < -0.3 is 15.0 Å². The van der Waals surface area contributed by atoms with Gasteiger partial charge in [0, 0.05) is 19.5 Å². The summed E-state index contributed by atoms with van der Waals surface area (Å²) < 4.78 is 5.58. The van der Waals surface area contributed by atoms with Gasteiger partial charge in [-0.1, -0.05) is 48.5 Å². The molecule has 2 aromatic rings. The molecular formula is C22H26N2O3. The van der Waals surface area contributed by atoms with E-state index < -0.39 is 6.04 Å². The molecule has 5 heteroatoms. The lowest BCUT2D eigenvalue weighted by atomic mass is 10.0. The standard InChI is InChI=1S/C22H26N2O3/c25-21(13-16-27-19-11-5-2-6-12-19)23-20(17-18-9-3-1-4-10-18)22(26)24-14-7-8-15-24/h1-6,9-12,20H,7-8,13-17H2,(H,23,25)/t20-/m0/s1. The number of rotatable bonds is 8. The molecule has 0 radical (unpaired) electrons. The fraction of sp³-hybridized carbons (Fsp3) is 0.364. The van der Waals surface area contributed by atoms with Gasteiger partial charge in [-0.3, -0.25) is 9.59 Å². The Morgan fingerprint density at radius 3 is 2.26 bits per heavy atom. The largest absolute Gasteiger partial charge is 0.493 e. The van der Waals surface area contributed by atoms with Crippen LogP contribution in [0.25, 0.3) is 0 Å². The summed E-state index contributed by atoms with van der Waals surface area (Å²) in [6.45, 7) is 1.83. The van der Waals surface area contributed by atoms with E-state index in [9.17, 15) is 9.59 Å². The van der Waals surface area contributed by atoms with Crippen LogP contribution in [0.5, 0.6) is 5.75 Å². The maximum atomic E-state index is 12.9. The molecule has 0 saturated carbocycles. The summed E-state index contributed by atoms with van der Waals surface area (Å²) in [6.07, 6.45) is 2.78. The van der Waals surface area contributed by atoms with Crippen LogP contribution in [0.3, 0.4) is 0 Å². The molecule has 0 aromatic heterocycles. The van der Waals surface area contributed by atoms with Crippen molar-refractivity contribution in [1.29, 1.82) is 0 Å². The zero-order valence-corrected chi connectivity index (χ0v) is 15.5. The van der Waals surface area contributed by atoms with Crippen molar-refractivity contribution in [2.45, 2.75) is 31.7 Å². The Bertz CT molecular complexity index is 728. The fourth-order valence-electron chi connectivity index (χ4n) is 3.25. The monoisotopic (exact) mass is 366 g/mol. The highest BCUT2D eigenvalue weighted by Crippen LogP contribution is 2.13. The molecule has 1 atom stereocenters. The van der Waals surface area contributed by atoms with E-state index >= 15 is 0 Å². The Morgan fingerprint density at radius 2 is 1.59 bits per heavy atom. The molecular weight excluding hydrogens is 340 g/mol. The Hall–Kier alpha value is -2.82. The number of carbonyl (C=O) groups excluding carboxylic acids is 2. The number of benzene rings is 2. The molecule has 27 heavy (non-hydrogen) atoms. The second-order valence-corrected chi connectivity index (χ2v) is 6.75. The van der Waals surface area contributed by atoms with E-state index in [4.69, 9.17) is 4.74 Å². The predicted molar refractivity (Wildman–Crippen MR) is 104 cm³/mol. The summed E-state index contributed by atoms with van der Waals surface area (Å²) in [5, 5.41) is 2.92. The lowest BCUT2D eigenvalue weighted by Crippen LogP contribution is -2.49. The molecule has 0 aliphatic carbocycles. The normalized spacial score (nSPS) is 14.6.